The standard InChI is InChI=1S/C38H33N3O5S/c1-23(2)26-17-19-27(20-18-26)34-33(35(42)40-30-10-5-4-6-11-30)24(3)39-38-41(34)36(43)32(47-38)21-29-9-7-8-12-31(29)46-22-25-13-15-28(16-14-25)37(44)45/h4-21,23,34H,22H2,1-3H3,(H,40,42)(H,44,45)/b32-21-/t34-/m0/s1. The molecule has 2 N–H and O–H groups in total. The number of amides is 1. The highest BCUT2D eigenvalue weighted by atomic mass is 32.1. The summed E-state index contributed by atoms with van der Waals surface area (Å²) in [4.78, 5) is 44.5. The smallest absolute Gasteiger partial charge is 0.335 e. The Balaban J connectivity index is 1.39. The lowest BCUT2D eigenvalue weighted by molar-refractivity contribution is -0.113. The number of hydrogen-bond donors (Lipinski definition) is 2. The predicted molar refractivity (Wildman–Crippen MR) is 184 cm³/mol. The van der Waals surface area contributed by atoms with E-state index in [1.165, 1.54) is 23.5 Å². The zero-order valence-corrected chi connectivity index (χ0v) is 27.0. The summed E-state index contributed by atoms with van der Waals surface area (Å²) in [6.07, 6.45) is 1.79. The molecule has 8 nitrogen and oxygen atoms in total. The second-order valence-corrected chi connectivity index (χ2v) is 12.6. The van der Waals surface area contributed by atoms with Crippen molar-refractivity contribution in [1.82, 2.24) is 4.57 Å². The van der Waals surface area contributed by atoms with Crippen LogP contribution >= 0.6 is 11.3 Å². The Morgan fingerprint density at radius 2 is 1.64 bits per heavy atom. The maximum atomic E-state index is 14.2. The Morgan fingerprint density at radius 1 is 0.957 bits per heavy atom. The minimum atomic E-state index is -0.988. The Hall–Kier alpha value is -5.54. The third-order valence-electron chi connectivity index (χ3n) is 8.02. The molecule has 47 heavy (non-hydrogen) atoms. The highest BCUT2D eigenvalue weighted by Gasteiger charge is 2.32. The number of carboxylic acids is 1. The number of nitrogens with one attached hydrogen (secondary N) is 1. The van der Waals surface area contributed by atoms with Gasteiger partial charge in [-0.1, -0.05) is 98.0 Å². The number of benzene rings is 4. The molecular formula is C38H33N3O5S. The van der Waals surface area contributed by atoms with Crippen LogP contribution < -0.4 is 24.9 Å². The molecule has 0 aliphatic carbocycles. The lowest BCUT2D eigenvalue weighted by atomic mass is 9.93. The summed E-state index contributed by atoms with van der Waals surface area (Å²) in [5.74, 6) is -0.408. The van der Waals surface area contributed by atoms with E-state index in [1.807, 2.05) is 78.9 Å². The number of para-hydroxylation sites is 2. The molecule has 0 saturated heterocycles. The molecule has 9 heteroatoms. The SMILES string of the molecule is CC1=C(C(=O)Nc2ccccc2)[C@H](c2ccc(C(C)C)cc2)n2c(s/c(=C\c3ccccc3OCc3ccc(C(=O)O)cc3)c2=O)=N1. The first-order chi connectivity index (χ1) is 22.7. The molecule has 5 aromatic rings. The number of aromatic carboxylic acids is 1. The molecule has 0 spiro atoms. The number of anilines is 1. The molecule has 1 aliphatic heterocycles. The van der Waals surface area contributed by atoms with Gasteiger partial charge in [-0.3, -0.25) is 14.2 Å². The van der Waals surface area contributed by atoms with E-state index in [9.17, 15) is 19.5 Å². The van der Waals surface area contributed by atoms with Gasteiger partial charge in [0, 0.05) is 11.3 Å². The first kappa shape index (κ1) is 31.4. The summed E-state index contributed by atoms with van der Waals surface area (Å²) in [5.41, 5.74) is 5.03. The maximum absolute atomic E-state index is 14.2. The zero-order chi connectivity index (χ0) is 33.1. The van der Waals surface area contributed by atoms with Crippen molar-refractivity contribution >= 4 is 35.0 Å². The van der Waals surface area contributed by atoms with Crippen LogP contribution in [0.3, 0.4) is 0 Å². The van der Waals surface area contributed by atoms with Gasteiger partial charge >= 0.3 is 5.97 Å². The molecule has 1 aliphatic rings. The summed E-state index contributed by atoms with van der Waals surface area (Å²) >= 11 is 1.26. The number of aromatic nitrogens is 1. The zero-order valence-electron chi connectivity index (χ0n) is 26.1. The van der Waals surface area contributed by atoms with Gasteiger partial charge in [0.2, 0.25) is 0 Å². The molecule has 4 aromatic carbocycles. The van der Waals surface area contributed by atoms with Crippen LogP contribution in [0.4, 0.5) is 5.69 Å². The van der Waals surface area contributed by atoms with Crippen molar-refractivity contribution in [2.45, 2.75) is 39.3 Å². The van der Waals surface area contributed by atoms with Gasteiger partial charge in [0.25, 0.3) is 11.5 Å². The van der Waals surface area contributed by atoms with Crippen LogP contribution in [0.15, 0.2) is 124 Å². The number of carboxylic acid groups (broad SMARTS) is 1. The van der Waals surface area contributed by atoms with Gasteiger partial charge in [0.1, 0.15) is 12.4 Å². The Kier molecular flexibility index (Phi) is 8.99. The number of rotatable bonds is 9. The molecule has 1 atom stereocenters. The molecule has 0 saturated carbocycles. The fourth-order valence-electron chi connectivity index (χ4n) is 5.49. The normalized spacial score (nSPS) is 14.5. The van der Waals surface area contributed by atoms with E-state index in [-0.39, 0.29) is 23.6 Å². The fourth-order valence-corrected chi connectivity index (χ4v) is 6.52. The maximum Gasteiger partial charge on any atom is 0.335 e. The number of thiazole rings is 1. The van der Waals surface area contributed by atoms with Gasteiger partial charge in [0.05, 0.1) is 27.4 Å². The predicted octanol–water partition coefficient (Wildman–Crippen LogP) is 6.27. The van der Waals surface area contributed by atoms with Crippen molar-refractivity contribution in [1.29, 1.82) is 0 Å². The van der Waals surface area contributed by atoms with Gasteiger partial charge in [-0.15, -0.1) is 0 Å². The third-order valence-corrected chi connectivity index (χ3v) is 9.00. The average Bonchev–Trinajstić information content (AvgIpc) is 3.37. The van der Waals surface area contributed by atoms with Crippen LogP contribution in [0, 0.1) is 0 Å². The molecule has 0 radical (unpaired) electrons. The second-order valence-electron chi connectivity index (χ2n) is 11.6. The molecule has 1 aromatic heterocycles. The van der Waals surface area contributed by atoms with Crippen LogP contribution in [-0.4, -0.2) is 21.6 Å². The highest BCUT2D eigenvalue weighted by Crippen LogP contribution is 2.32. The number of hydrogen-bond acceptors (Lipinski definition) is 6. The van der Waals surface area contributed by atoms with E-state index < -0.39 is 12.0 Å². The van der Waals surface area contributed by atoms with Crippen molar-refractivity contribution in [3.63, 3.8) is 0 Å². The summed E-state index contributed by atoms with van der Waals surface area (Å²) in [6.45, 7) is 6.27. The fraction of sp³-hybridized carbons (Fsp3) is 0.158. The molecule has 2 heterocycles. The molecule has 0 bridgehead atoms. The van der Waals surface area contributed by atoms with Crippen molar-refractivity contribution in [3.8, 4) is 5.75 Å². The van der Waals surface area contributed by atoms with Crippen molar-refractivity contribution in [2.24, 2.45) is 4.99 Å². The van der Waals surface area contributed by atoms with Crippen LogP contribution in [0.25, 0.3) is 6.08 Å². The van der Waals surface area contributed by atoms with Crippen LogP contribution in [0.2, 0.25) is 0 Å². The summed E-state index contributed by atoms with van der Waals surface area (Å²) in [7, 11) is 0. The van der Waals surface area contributed by atoms with Crippen LogP contribution in [0.1, 0.15) is 65.3 Å². The first-order valence-electron chi connectivity index (χ1n) is 15.2. The third kappa shape index (κ3) is 6.71. The van der Waals surface area contributed by atoms with Crippen LogP contribution in [0.5, 0.6) is 5.75 Å². The summed E-state index contributed by atoms with van der Waals surface area (Å²) in [6, 6.07) is 30.5. The van der Waals surface area contributed by atoms with Crippen molar-refractivity contribution < 1.29 is 19.4 Å². The summed E-state index contributed by atoms with van der Waals surface area (Å²) in [5, 5.41) is 12.2. The Bertz CT molecular complexity index is 2160. The summed E-state index contributed by atoms with van der Waals surface area (Å²) < 4.78 is 8.18. The molecule has 6 rings (SSSR count). The number of allylic oxidation sites excluding steroid dienone is 1. The molecule has 1 amide bonds. The minimum absolute atomic E-state index is 0.203. The number of carbonyl (C=O) groups is 2. The molecule has 0 unspecified atom stereocenters. The van der Waals surface area contributed by atoms with Gasteiger partial charge in [-0.25, -0.2) is 9.79 Å². The van der Waals surface area contributed by atoms with Crippen LogP contribution in [-0.2, 0) is 11.4 Å². The lowest BCUT2D eigenvalue weighted by Crippen LogP contribution is -2.40. The van der Waals surface area contributed by atoms with Gasteiger partial charge in [-0.2, -0.15) is 0 Å². The van der Waals surface area contributed by atoms with Crippen molar-refractivity contribution in [3.05, 3.63) is 162 Å². The first-order valence-corrected chi connectivity index (χ1v) is 16.0. The Labute approximate surface area is 275 Å². The van der Waals surface area contributed by atoms with E-state index in [0.29, 0.717) is 43.5 Å². The second kappa shape index (κ2) is 13.4. The number of fused-ring (bicyclic) bond motifs is 1. The van der Waals surface area contributed by atoms with Gasteiger partial charge in [-0.05, 0) is 65.9 Å². The Morgan fingerprint density at radius 3 is 2.32 bits per heavy atom. The number of carbonyl (C=O) groups excluding carboxylic acids is 1. The highest BCUT2D eigenvalue weighted by molar-refractivity contribution is 7.07. The lowest BCUT2D eigenvalue weighted by Gasteiger charge is -2.25. The van der Waals surface area contributed by atoms with Gasteiger partial charge in [0.15, 0.2) is 4.80 Å². The molecule has 236 valence electrons. The average molecular weight is 644 g/mol. The van der Waals surface area contributed by atoms with E-state index in [4.69, 9.17) is 9.73 Å². The van der Waals surface area contributed by atoms with E-state index >= 15 is 0 Å². The minimum Gasteiger partial charge on any atom is -0.488 e. The van der Waals surface area contributed by atoms with E-state index in [1.54, 1.807) is 29.7 Å². The largest absolute Gasteiger partial charge is 0.488 e. The number of ether oxygens (including phenoxy) is 1. The van der Waals surface area contributed by atoms with Gasteiger partial charge < -0.3 is 15.2 Å². The quantitative estimate of drug-likeness (QED) is 0.197. The van der Waals surface area contributed by atoms with E-state index in [0.717, 1.165) is 16.7 Å². The number of nitrogens with zero attached hydrogens (tertiary/aromatic N) is 2. The molecular weight excluding hydrogens is 611 g/mol. The van der Waals surface area contributed by atoms with E-state index in [2.05, 4.69) is 19.2 Å². The van der Waals surface area contributed by atoms with Crippen molar-refractivity contribution in [2.75, 3.05) is 5.32 Å². The monoisotopic (exact) mass is 643 g/mol. The topological polar surface area (TPSA) is 110 Å². The molecule has 0 fully saturated rings.